The molecule has 2 aromatic carbocycles. The molecule has 0 spiro atoms. The molecule has 0 N–H and O–H groups in total. The van der Waals surface area contributed by atoms with Crippen molar-refractivity contribution in [1.82, 2.24) is 14.6 Å². The van der Waals surface area contributed by atoms with Crippen LogP contribution in [0.3, 0.4) is 0 Å². The van der Waals surface area contributed by atoms with Gasteiger partial charge in [0.1, 0.15) is 5.03 Å². The monoisotopic (exact) mass is 345 g/mol. The van der Waals surface area contributed by atoms with Crippen LogP contribution in [0.5, 0.6) is 0 Å². The van der Waals surface area contributed by atoms with Gasteiger partial charge in [0.25, 0.3) is 0 Å². The number of thioether (sulfide) groups is 1. The van der Waals surface area contributed by atoms with Gasteiger partial charge in [-0.3, -0.25) is 0 Å². The number of hydrogen-bond donors (Lipinski definition) is 0. The third kappa shape index (κ3) is 3.30. The summed E-state index contributed by atoms with van der Waals surface area (Å²) in [5.74, 6) is 0.907. The fourth-order valence-electron chi connectivity index (χ4n) is 2.79. The van der Waals surface area contributed by atoms with Crippen molar-refractivity contribution in [3.8, 4) is 11.3 Å². The predicted molar refractivity (Wildman–Crippen MR) is 104 cm³/mol. The number of fused-ring (bicyclic) bond motifs is 1. The van der Waals surface area contributed by atoms with E-state index >= 15 is 0 Å². The number of nitrogens with zero attached hydrogens (tertiary/aromatic N) is 3. The first-order chi connectivity index (χ1) is 12.2. The van der Waals surface area contributed by atoms with Crippen LogP contribution in [0.1, 0.15) is 16.7 Å². The molecule has 2 heterocycles. The van der Waals surface area contributed by atoms with Crippen molar-refractivity contribution in [3.63, 3.8) is 0 Å². The molecule has 0 radical (unpaired) electrons. The maximum absolute atomic E-state index is 4.71. The Labute approximate surface area is 151 Å². The molecule has 0 bridgehead atoms. The van der Waals surface area contributed by atoms with Gasteiger partial charge in [0.05, 0.1) is 11.2 Å². The summed E-state index contributed by atoms with van der Waals surface area (Å²) < 4.78 is 1.92. The second kappa shape index (κ2) is 6.73. The smallest absolute Gasteiger partial charge is 0.122 e. The summed E-state index contributed by atoms with van der Waals surface area (Å²) in [7, 11) is 0. The van der Waals surface area contributed by atoms with Crippen LogP contribution in [-0.2, 0) is 5.75 Å². The summed E-state index contributed by atoms with van der Waals surface area (Å²) in [6, 6.07) is 19.1. The van der Waals surface area contributed by atoms with Crippen LogP contribution in [-0.4, -0.2) is 14.6 Å². The van der Waals surface area contributed by atoms with Gasteiger partial charge in [-0.25, -0.2) is 9.50 Å². The van der Waals surface area contributed by atoms with Crippen molar-refractivity contribution in [1.29, 1.82) is 0 Å². The summed E-state index contributed by atoms with van der Waals surface area (Å²) in [5.41, 5.74) is 7.07. The molecular formula is C21H19N3S. The molecule has 2 aromatic heterocycles. The Bertz CT molecular complexity index is 1020. The number of benzene rings is 2. The first-order valence-corrected chi connectivity index (χ1v) is 9.28. The molecule has 0 amide bonds. The summed E-state index contributed by atoms with van der Waals surface area (Å²) in [6.45, 7) is 4.25. The predicted octanol–water partition coefficient (Wildman–Crippen LogP) is 5.31. The van der Waals surface area contributed by atoms with E-state index < -0.39 is 0 Å². The normalized spacial score (nSPS) is 11.1. The number of aromatic nitrogens is 3. The SMILES string of the molecule is Cc1ccc(-c2cc3c(SCc4ccccc4C)nccn3n2)cc1. The van der Waals surface area contributed by atoms with Crippen LogP contribution in [0, 0.1) is 13.8 Å². The van der Waals surface area contributed by atoms with E-state index in [0.717, 1.165) is 27.6 Å². The Morgan fingerprint density at radius 1 is 1.00 bits per heavy atom. The zero-order chi connectivity index (χ0) is 17.2. The van der Waals surface area contributed by atoms with Gasteiger partial charge >= 0.3 is 0 Å². The van der Waals surface area contributed by atoms with Gasteiger partial charge in [-0.1, -0.05) is 65.9 Å². The maximum atomic E-state index is 4.71. The van der Waals surface area contributed by atoms with Crippen LogP contribution >= 0.6 is 11.8 Å². The Kier molecular flexibility index (Phi) is 4.28. The van der Waals surface area contributed by atoms with Crippen molar-refractivity contribution >= 4 is 17.3 Å². The maximum Gasteiger partial charge on any atom is 0.122 e. The molecule has 4 rings (SSSR count). The second-order valence-electron chi connectivity index (χ2n) is 6.17. The highest BCUT2D eigenvalue weighted by Gasteiger charge is 2.10. The zero-order valence-corrected chi connectivity index (χ0v) is 15.1. The topological polar surface area (TPSA) is 30.2 Å². The highest BCUT2D eigenvalue weighted by atomic mass is 32.2. The molecule has 0 unspecified atom stereocenters. The molecule has 0 atom stereocenters. The van der Waals surface area contributed by atoms with Crippen LogP contribution in [0.25, 0.3) is 16.8 Å². The lowest BCUT2D eigenvalue weighted by Gasteiger charge is -2.05. The van der Waals surface area contributed by atoms with Crippen molar-refractivity contribution in [2.24, 2.45) is 0 Å². The van der Waals surface area contributed by atoms with E-state index in [4.69, 9.17) is 5.10 Å². The molecule has 124 valence electrons. The fourth-order valence-corrected chi connectivity index (χ4v) is 3.84. The third-order valence-corrected chi connectivity index (χ3v) is 5.37. The van der Waals surface area contributed by atoms with Gasteiger partial charge in [0.15, 0.2) is 0 Å². The van der Waals surface area contributed by atoms with Gasteiger partial charge in [0.2, 0.25) is 0 Å². The first-order valence-electron chi connectivity index (χ1n) is 8.29. The molecular weight excluding hydrogens is 326 g/mol. The largest absolute Gasteiger partial charge is 0.246 e. The minimum Gasteiger partial charge on any atom is -0.246 e. The Hall–Kier alpha value is -2.59. The van der Waals surface area contributed by atoms with Crippen molar-refractivity contribution in [2.75, 3.05) is 0 Å². The van der Waals surface area contributed by atoms with Gasteiger partial charge in [-0.2, -0.15) is 5.10 Å². The lowest BCUT2D eigenvalue weighted by Crippen LogP contribution is -1.92. The van der Waals surface area contributed by atoms with Gasteiger partial charge in [-0.05, 0) is 31.0 Å². The summed E-state index contributed by atoms with van der Waals surface area (Å²) >= 11 is 1.76. The minimum atomic E-state index is 0.907. The van der Waals surface area contributed by atoms with Crippen molar-refractivity contribution in [3.05, 3.63) is 83.7 Å². The van der Waals surface area contributed by atoms with Crippen LogP contribution < -0.4 is 0 Å². The van der Waals surface area contributed by atoms with E-state index in [0.29, 0.717) is 0 Å². The first kappa shape index (κ1) is 15.9. The minimum absolute atomic E-state index is 0.907. The third-order valence-electron chi connectivity index (χ3n) is 4.33. The molecule has 0 saturated heterocycles. The van der Waals surface area contributed by atoms with E-state index in [1.165, 1.54) is 16.7 Å². The van der Waals surface area contributed by atoms with E-state index in [-0.39, 0.29) is 0 Å². The van der Waals surface area contributed by atoms with E-state index in [1.807, 2.05) is 16.9 Å². The van der Waals surface area contributed by atoms with E-state index in [9.17, 15) is 0 Å². The van der Waals surface area contributed by atoms with Gasteiger partial charge in [0, 0.05) is 23.7 Å². The van der Waals surface area contributed by atoms with E-state index in [1.54, 1.807) is 11.8 Å². The van der Waals surface area contributed by atoms with Gasteiger partial charge in [-0.15, -0.1) is 0 Å². The number of aryl methyl sites for hydroxylation is 2. The number of rotatable bonds is 4. The highest BCUT2D eigenvalue weighted by molar-refractivity contribution is 7.98. The average Bonchev–Trinajstić information content (AvgIpc) is 3.06. The van der Waals surface area contributed by atoms with Crippen molar-refractivity contribution in [2.45, 2.75) is 24.6 Å². The number of hydrogen-bond acceptors (Lipinski definition) is 3. The second-order valence-corrected chi connectivity index (χ2v) is 7.14. The zero-order valence-electron chi connectivity index (χ0n) is 14.3. The molecule has 25 heavy (non-hydrogen) atoms. The molecule has 4 heteroatoms. The Morgan fingerprint density at radius 2 is 1.80 bits per heavy atom. The molecule has 0 aliphatic carbocycles. The van der Waals surface area contributed by atoms with E-state index in [2.05, 4.69) is 73.4 Å². The summed E-state index contributed by atoms with van der Waals surface area (Å²) in [6.07, 6.45) is 3.73. The standard InChI is InChI=1S/C21H19N3S/c1-15-7-9-17(10-8-15)19-13-20-21(22-11-12-24(20)23-19)25-14-18-6-4-3-5-16(18)2/h3-13H,14H2,1-2H3. The highest BCUT2D eigenvalue weighted by Crippen LogP contribution is 2.28. The van der Waals surface area contributed by atoms with Gasteiger partial charge < -0.3 is 0 Å². The Balaban J connectivity index is 1.66. The van der Waals surface area contributed by atoms with Crippen LogP contribution in [0.15, 0.2) is 72.0 Å². The average molecular weight is 345 g/mol. The quantitative estimate of drug-likeness (QED) is 0.470. The fraction of sp³-hybridized carbons (Fsp3) is 0.143. The lowest BCUT2D eigenvalue weighted by molar-refractivity contribution is 0.920. The summed E-state index contributed by atoms with van der Waals surface area (Å²) in [5, 5.41) is 5.72. The van der Waals surface area contributed by atoms with Crippen molar-refractivity contribution < 1.29 is 0 Å². The molecule has 3 nitrogen and oxygen atoms in total. The molecule has 0 aliphatic rings. The molecule has 0 aliphatic heterocycles. The van der Waals surface area contributed by atoms with Crippen LogP contribution in [0.4, 0.5) is 0 Å². The molecule has 4 aromatic rings. The van der Waals surface area contributed by atoms with Crippen LogP contribution in [0.2, 0.25) is 0 Å². The Morgan fingerprint density at radius 3 is 2.60 bits per heavy atom. The summed E-state index contributed by atoms with van der Waals surface area (Å²) in [4.78, 5) is 4.57. The lowest BCUT2D eigenvalue weighted by atomic mass is 10.1. The molecule has 0 fully saturated rings. The molecule has 0 saturated carbocycles.